The van der Waals surface area contributed by atoms with Crippen LogP contribution < -0.4 is 0 Å². The Bertz CT molecular complexity index is 1930. The van der Waals surface area contributed by atoms with Crippen LogP contribution in [0.2, 0.25) is 0 Å². The molecule has 0 spiro atoms. The molecule has 1 heterocycles. The van der Waals surface area contributed by atoms with E-state index in [1.807, 2.05) is 24.3 Å². The number of carbonyl (C=O) groups is 4. The maximum atomic E-state index is 13.1. The summed E-state index contributed by atoms with van der Waals surface area (Å²) in [6.07, 6.45) is 64.0. The molecule has 0 saturated carbocycles. The Kier molecular flexibility index (Phi) is 48.3. The second kappa shape index (κ2) is 53.3. The lowest BCUT2D eigenvalue weighted by molar-refractivity contribution is -0.301. The van der Waals surface area contributed by atoms with Crippen molar-refractivity contribution in [3.05, 3.63) is 146 Å². The van der Waals surface area contributed by atoms with Gasteiger partial charge in [-0.25, -0.2) is 4.79 Å². The maximum Gasteiger partial charge on any atom is 0.335 e. The molecular weight excluding hydrogens is 997 g/mol. The summed E-state index contributed by atoms with van der Waals surface area (Å²) in [6, 6.07) is 0. The Morgan fingerprint density at radius 1 is 0.430 bits per heavy atom. The normalized spacial score (nSPS) is 18.9. The summed E-state index contributed by atoms with van der Waals surface area (Å²) in [7, 11) is 0. The molecule has 0 aromatic carbocycles. The van der Waals surface area contributed by atoms with E-state index in [0.29, 0.717) is 32.1 Å². The van der Waals surface area contributed by atoms with Gasteiger partial charge < -0.3 is 39.0 Å². The number of aliphatic carboxylic acids is 1. The number of hydrogen-bond donors (Lipinski definition) is 3. The fourth-order valence-corrected chi connectivity index (χ4v) is 7.89. The summed E-state index contributed by atoms with van der Waals surface area (Å²) in [5.74, 6) is -3.35. The van der Waals surface area contributed by atoms with Crippen molar-refractivity contribution in [2.24, 2.45) is 0 Å². The van der Waals surface area contributed by atoms with E-state index in [0.717, 1.165) is 103 Å². The maximum absolute atomic E-state index is 13.1. The Morgan fingerprint density at radius 2 is 0.835 bits per heavy atom. The molecule has 0 radical (unpaired) electrons. The summed E-state index contributed by atoms with van der Waals surface area (Å²) in [5.41, 5.74) is 0. The molecule has 6 unspecified atom stereocenters. The minimum absolute atomic E-state index is 0.0340. The highest BCUT2D eigenvalue weighted by atomic mass is 16.7. The van der Waals surface area contributed by atoms with Crippen LogP contribution in [0.4, 0.5) is 0 Å². The summed E-state index contributed by atoms with van der Waals surface area (Å²) < 4.78 is 28.3. The predicted molar refractivity (Wildman–Crippen MR) is 321 cm³/mol. The third-order valence-corrected chi connectivity index (χ3v) is 12.4. The van der Waals surface area contributed by atoms with Gasteiger partial charge in [0.1, 0.15) is 18.8 Å². The second-order valence-corrected chi connectivity index (χ2v) is 19.5. The van der Waals surface area contributed by atoms with Crippen LogP contribution in [-0.2, 0) is 42.9 Å². The lowest BCUT2D eigenvalue weighted by Crippen LogP contribution is -2.61. The third-order valence-electron chi connectivity index (χ3n) is 12.4. The van der Waals surface area contributed by atoms with Crippen LogP contribution in [0, 0.1) is 0 Å². The zero-order chi connectivity index (χ0) is 57.5. The van der Waals surface area contributed by atoms with Crippen molar-refractivity contribution >= 4 is 23.9 Å². The zero-order valence-electron chi connectivity index (χ0n) is 48.5. The minimum atomic E-state index is -1.94. The van der Waals surface area contributed by atoms with E-state index >= 15 is 0 Å². The van der Waals surface area contributed by atoms with Crippen molar-refractivity contribution in [1.29, 1.82) is 0 Å². The molecule has 1 aliphatic heterocycles. The van der Waals surface area contributed by atoms with Crippen LogP contribution in [0.5, 0.6) is 0 Å². The van der Waals surface area contributed by atoms with E-state index in [9.17, 15) is 34.5 Å². The molecule has 12 heteroatoms. The minimum Gasteiger partial charge on any atom is -0.479 e. The summed E-state index contributed by atoms with van der Waals surface area (Å²) in [4.78, 5) is 51.1. The summed E-state index contributed by atoms with van der Waals surface area (Å²) in [6.45, 7) is 5.63. The van der Waals surface area contributed by atoms with E-state index in [1.54, 1.807) is 0 Å². The molecule has 3 N–H and O–H groups in total. The lowest BCUT2D eigenvalue weighted by atomic mass is 9.98. The van der Waals surface area contributed by atoms with E-state index in [1.165, 1.54) is 25.7 Å². The Labute approximate surface area is 476 Å². The van der Waals surface area contributed by atoms with Gasteiger partial charge in [0.15, 0.2) is 24.6 Å². The van der Waals surface area contributed by atoms with Gasteiger partial charge in [-0.2, -0.15) is 0 Å². The second-order valence-electron chi connectivity index (χ2n) is 19.5. The number of aliphatic hydroxyl groups excluding tert-OH is 2. The van der Waals surface area contributed by atoms with Crippen molar-refractivity contribution in [2.45, 2.75) is 237 Å². The monoisotopic (exact) mass is 1100 g/mol. The first-order valence-electron chi connectivity index (χ1n) is 29.8. The standard InChI is InChI=1S/C67H102O12/c1-4-7-10-13-16-19-22-25-27-29-30-32-33-36-38-41-44-47-50-53-59(68)75-56-58(77-60(69)54-51-48-45-42-39-35-24-21-18-15-12-9-6-3)57-76-67-65(63(72)62(71)64(79-67)66(73)74)78-61(70)55-52-49-46-43-40-37-34-31-28-26-23-20-17-14-11-8-5-2/h7-8,10-11,16-17,19-21,24-28,30,32,34,36-38,43-44,46-47,58,62-65,67,71-72H,4-6,9,12-15,18,22-23,29,31,33,35,39-42,45,48-57H2,1-3H3,(H,73,74)/b10-7-,11-8-,19-16-,20-17-,24-21-,27-25-,28-26-,32-30-,37-34-,38-36-,46-43-,47-44-. The predicted octanol–water partition coefficient (Wildman–Crippen LogP) is 15.6. The molecule has 0 aliphatic carbocycles. The number of aliphatic hydroxyl groups is 2. The Balaban J connectivity index is 2.78. The van der Waals surface area contributed by atoms with Gasteiger partial charge in [-0.1, -0.05) is 205 Å². The van der Waals surface area contributed by atoms with Crippen molar-refractivity contribution in [3.63, 3.8) is 0 Å². The number of carbonyl (C=O) groups excluding carboxylic acids is 3. The quantitative estimate of drug-likeness (QED) is 0.0228. The molecule has 0 aromatic rings. The zero-order valence-corrected chi connectivity index (χ0v) is 48.5. The van der Waals surface area contributed by atoms with Crippen LogP contribution in [0.15, 0.2) is 146 Å². The van der Waals surface area contributed by atoms with Crippen LogP contribution >= 0.6 is 0 Å². The van der Waals surface area contributed by atoms with Gasteiger partial charge in [-0.05, 0) is 122 Å². The first-order valence-corrected chi connectivity index (χ1v) is 29.8. The highest BCUT2D eigenvalue weighted by Crippen LogP contribution is 2.26. The van der Waals surface area contributed by atoms with Gasteiger partial charge in [0, 0.05) is 19.3 Å². The number of carboxylic acid groups (broad SMARTS) is 1. The van der Waals surface area contributed by atoms with E-state index in [2.05, 4.69) is 142 Å². The van der Waals surface area contributed by atoms with E-state index < -0.39 is 67.3 Å². The van der Waals surface area contributed by atoms with Crippen LogP contribution in [-0.4, -0.2) is 89.2 Å². The summed E-state index contributed by atoms with van der Waals surface area (Å²) >= 11 is 0. The van der Waals surface area contributed by atoms with Gasteiger partial charge in [0.05, 0.1) is 6.61 Å². The largest absolute Gasteiger partial charge is 0.479 e. The summed E-state index contributed by atoms with van der Waals surface area (Å²) in [5, 5.41) is 31.5. The fourth-order valence-electron chi connectivity index (χ4n) is 7.89. The topological polar surface area (TPSA) is 175 Å². The van der Waals surface area contributed by atoms with Crippen LogP contribution in [0.1, 0.15) is 201 Å². The van der Waals surface area contributed by atoms with Crippen LogP contribution in [0.25, 0.3) is 0 Å². The Morgan fingerprint density at radius 3 is 1.32 bits per heavy atom. The number of rotatable bonds is 48. The highest BCUT2D eigenvalue weighted by Gasteiger charge is 2.50. The SMILES string of the molecule is CC/C=C\C/C=C\C/C=C\C/C=C\C/C=C\C/C=C\CCC(=O)OCC(COC1OC(C(=O)O)C(O)C(O)C1OC(=O)CCC/C=C\C/C=C\C/C=C\C/C=C\C/C=C\CC)OC(=O)CCCCCCC/C=C\CCCCCC. The molecule has 442 valence electrons. The van der Waals surface area contributed by atoms with Crippen molar-refractivity contribution in [1.82, 2.24) is 0 Å². The van der Waals surface area contributed by atoms with Crippen molar-refractivity contribution in [3.8, 4) is 0 Å². The molecule has 1 saturated heterocycles. The van der Waals surface area contributed by atoms with Gasteiger partial charge >= 0.3 is 23.9 Å². The van der Waals surface area contributed by atoms with Gasteiger partial charge in [0.25, 0.3) is 0 Å². The third kappa shape index (κ3) is 43.1. The molecule has 6 atom stereocenters. The smallest absolute Gasteiger partial charge is 0.335 e. The number of ether oxygens (including phenoxy) is 5. The van der Waals surface area contributed by atoms with Gasteiger partial charge in [-0.3, -0.25) is 14.4 Å². The molecular formula is C67H102O12. The first kappa shape index (κ1) is 71.6. The number of unbranched alkanes of at least 4 members (excludes halogenated alkanes) is 10. The van der Waals surface area contributed by atoms with Crippen molar-refractivity contribution in [2.75, 3.05) is 13.2 Å². The number of carboxylic acids is 1. The van der Waals surface area contributed by atoms with Gasteiger partial charge in [-0.15, -0.1) is 0 Å². The lowest BCUT2D eigenvalue weighted by Gasteiger charge is -2.40. The molecule has 0 amide bonds. The highest BCUT2D eigenvalue weighted by molar-refractivity contribution is 5.74. The molecule has 1 aliphatic rings. The fraction of sp³-hybridized carbons (Fsp3) is 0.582. The first-order chi connectivity index (χ1) is 38.6. The molecule has 1 rings (SSSR count). The Hall–Kier alpha value is -5.40. The average Bonchev–Trinajstić information content (AvgIpc) is 3.47. The number of allylic oxidation sites excluding steroid dienone is 24. The molecule has 0 aromatic heterocycles. The number of hydrogen-bond acceptors (Lipinski definition) is 11. The van der Waals surface area contributed by atoms with Crippen molar-refractivity contribution < 1.29 is 58.2 Å². The average molecular weight is 1100 g/mol. The van der Waals surface area contributed by atoms with Gasteiger partial charge in [0.2, 0.25) is 0 Å². The van der Waals surface area contributed by atoms with E-state index in [4.69, 9.17) is 23.7 Å². The van der Waals surface area contributed by atoms with E-state index in [-0.39, 0.29) is 25.9 Å². The molecule has 12 nitrogen and oxygen atoms in total. The molecule has 0 bridgehead atoms. The van der Waals surface area contributed by atoms with Crippen LogP contribution in [0.3, 0.4) is 0 Å². The molecule has 79 heavy (non-hydrogen) atoms. The number of esters is 3. The molecule has 1 fully saturated rings.